The smallest absolute Gasteiger partial charge is 0.475 e. The van der Waals surface area contributed by atoms with Crippen LogP contribution < -0.4 is 21.3 Å². The number of aromatic nitrogens is 3. The summed E-state index contributed by atoms with van der Waals surface area (Å²) in [7, 11) is 0. The van der Waals surface area contributed by atoms with Gasteiger partial charge in [-0.2, -0.15) is 44.5 Å². The average molecular weight is 806 g/mol. The van der Waals surface area contributed by atoms with E-state index in [9.17, 15) is 44.3 Å². The van der Waals surface area contributed by atoms with Crippen LogP contribution in [0.1, 0.15) is 30.4 Å². The van der Waals surface area contributed by atoms with E-state index in [1.54, 1.807) is 12.4 Å². The van der Waals surface area contributed by atoms with Gasteiger partial charge in [0.15, 0.2) is 5.82 Å². The van der Waals surface area contributed by atoms with Gasteiger partial charge >= 0.3 is 36.4 Å². The fraction of sp³-hybridized carbons (Fsp3) is 0.367. The van der Waals surface area contributed by atoms with Crippen LogP contribution in [0.15, 0.2) is 42.9 Å². The number of fused-ring (bicyclic) bond motifs is 6. The first-order valence-corrected chi connectivity index (χ1v) is 15.4. The van der Waals surface area contributed by atoms with Crippen molar-refractivity contribution in [3.05, 3.63) is 59.0 Å². The summed E-state index contributed by atoms with van der Waals surface area (Å²) >= 11 is 6.34. The zero-order valence-electron chi connectivity index (χ0n) is 27.2. The summed E-state index contributed by atoms with van der Waals surface area (Å²) in [6.45, 7) is 1.95. The summed E-state index contributed by atoms with van der Waals surface area (Å²) in [4.78, 5) is 52.6. The van der Waals surface area contributed by atoms with Gasteiger partial charge in [-0.25, -0.2) is 19.4 Å². The molecule has 0 unspecified atom stereocenters. The van der Waals surface area contributed by atoms with Crippen molar-refractivity contribution in [3.63, 3.8) is 0 Å². The third-order valence-electron chi connectivity index (χ3n) is 6.72. The molecule has 0 aliphatic carbocycles. The Labute approximate surface area is 303 Å². The number of carbonyl (C=O) groups excluding carboxylic acids is 1. The zero-order chi connectivity index (χ0) is 40.9. The summed E-state index contributed by atoms with van der Waals surface area (Å²) in [6.07, 6.45) is -5.82. The molecule has 1 fully saturated rings. The number of nitrogens with zero attached hydrogens (tertiary/aromatic N) is 3. The molecule has 1 aromatic carbocycles. The number of carboxylic acids is 3. The molecule has 3 aromatic rings. The second kappa shape index (κ2) is 19.6. The summed E-state index contributed by atoms with van der Waals surface area (Å²) in [5.74, 6) is -6.89. The number of pyridine rings is 1. The molecule has 4 heterocycles. The number of rotatable bonds is 3. The number of aliphatic carboxylic acids is 3. The second-order valence-electron chi connectivity index (χ2n) is 11.0. The predicted octanol–water partition coefficient (Wildman–Crippen LogP) is 6.34. The van der Waals surface area contributed by atoms with Crippen LogP contribution in [0.3, 0.4) is 0 Å². The van der Waals surface area contributed by atoms with Gasteiger partial charge in [-0.15, -0.1) is 0 Å². The van der Waals surface area contributed by atoms with Crippen molar-refractivity contribution in [1.82, 2.24) is 20.3 Å². The first kappa shape index (κ1) is 44.7. The number of amides is 1. The van der Waals surface area contributed by atoms with E-state index in [1.807, 2.05) is 30.5 Å². The lowest BCUT2D eigenvalue weighted by atomic mass is 9.95. The van der Waals surface area contributed by atoms with E-state index in [0.29, 0.717) is 29.1 Å². The van der Waals surface area contributed by atoms with Gasteiger partial charge in [-0.05, 0) is 80.1 Å². The Hall–Kier alpha value is -5.45. The number of aryl methyl sites for hydroxylation is 2. The largest absolute Gasteiger partial charge is 0.490 e. The number of anilines is 5. The molecule has 0 saturated carbocycles. The lowest BCUT2D eigenvalue weighted by Crippen LogP contribution is -2.32. The summed E-state index contributed by atoms with van der Waals surface area (Å²) in [5.41, 5.74) is 4.60. The van der Waals surface area contributed by atoms with E-state index in [4.69, 9.17) is 41.3 Å². The maximum Gasteiger partial charge on any atom is 0.490 e. The Kier molecular flexibility index (Phi) is 16.2. The third-order valence-corrected chi connectivity index (χ3v) is 7.00. The number of alkyl halides is 9. The van der Waals surface area contributed by atoms with Crippen molar-refractivity contribution in [2.75, 3.05) is 29.0 Å². The summed E-state index contributed by atoms with van der Waals surface area (Å²) in [5, 5.41) is 34.8. The second-order valence-corrected chi connectivity index (χ2v) is 11.4. The molecule has 1 saturated heterocycles. The summed E-state index contributed by atoms with van der Waals surface area (Å²) < 4.78 is 95.2. The Morgan fingerprint density at radius 3 is 1.94 bits per heavy atom. The fourth-order valence-corrected chi connectivity index (χ4v) is 4.45. The van der Waals surface area contributed by atoms with Crippen LogP contribution in [0.25, 0.3) is 0 Å². The predicted molar refractivity (Wildman–Crippen MR) is 172 cm³/mol. The van der Waals surface area contributed by atoms with Crippen molar-refractivity contribution in [2.24, 2.45) is 5.92 Å². The van der Waals surface area contributed by atoms with Crippen molar-refractivity contribution in [3.8, 4) is 0 Å². The van der Waals surface area contributed by atoms with Gasteiger partial charge in [-0.3, -0.25) is 9.78 Å². The molecule has 1 amide bonds. The number of benzene rings is 1. The lowest BCUT2D eigenvalue weighted by molar-refractivity contribution is -0.193. The fourth-order valence-electron chi connectivity index (χ4n) is 4.31. The van der Waals surface area contributed by atoms with Crippen LogP contribution in [-0.4, -0.2) is 85.7 Å². The van der Waals surface area contributed by atoms with Gasteiger partial charge in [0.2, 0.25) is 11.9 Å². The Balaban J connectivity index is 0.000000393. The molecule has 0 radical (unpaired) electrons. The third kappa shape index (κ3) is 16.1. The molecule has 2 aliphatic rings. The SMILES string of the molecule is O=C(C[C@@H]1CCCNC1)Nc1ccc2cc1CCc1cncc(c1)Nc1ncc(Cl)c(n1)N2.O=C(O)C(F)(F)F.O=C(O)C(F)(F)F.O=C(O)C(F)(F)F. The van der Waals surface area contributed by atoms with Gasteiger partial charge in [-0.1, -0.05) is 11.6 Å². The molecule has 6 bridgehead atoms. The van der Waals surface area contributed by atoms with Crippen LogP contribution in [0, 0.1) is 5.92 Å². The average Bonchev–Trinajstić information content (AvgIpc) is 3.06. The molecule has 2 aromatic heterocycles. The van der Waals surface area contributed by atoms with Gasteiger partial charge in [0.25, 0.3) is 0 Å². The van der Waals surface area contributed by atoms with Crippen molar-refractivity contribution in [1.29, 1.82) is 0 Å². The number of carbonyl (C=O) groups is 4. The standard InChI is InChI=1S/C24H26ClN7O.3C2HF3O2/c25-20-14-28-24-30-19-8-16(12-27-13-19)3-4-17-10-18(29-23(20)32-24)5-6-21(17)31-22(33)9-15-2-1-7-26-11-15;3*3-2(4,5)1(6)7/h5-6,8,10,12-15,26H,1-4,7,9,11H2,(H,31,33)(H2,28,29,30,32);3*(H,6,7)/t15-;;;/m0.../s1. The highest BCUT2D eigenvalue weighted by molar-refractivity contribution is 6.32. The molecule has 5 rings (SSSR count). The Morgan fingerprint density at radius 2 is 1.41 bits per heavy atom. The normalized spacial score (nSPS) is 15.0. The van der Waals surface area contributed by atoms with E-state index in [0.717, 1.165) is 67.0 Å². The zero-order valence-corrected chi connectivity index (χ0v) is 27.9. The number of halogens is 10. The number of nitrogens with one attached hydrogen (secondary N) is 4. The first-order chi connectivity index (χ1) is 24.9. The highest BCUT2D eigenvalue weighted by Gasteiger charge is 2.39. The molecular weight excluding hydrogens is 777 g/mol. The maximum atomic E-state index is 12.8. The minimum Gasteiger partial charge on any atom is -0.475 e. The lowest BCUT2D eigenvalue weighted by Gasteiger charge is -2.22. The van der Waals surface area contributed by atoms with E-state index in [2.05, 4.69) is 36.2 Å². The highest BCUT2D eigenvalue weighted by Crippen LogP contribution is 2.30. The molecule has 7 N–H and O–H groups in total. The van der Waals surface area contributed by atoms with Gasteiger partial charge in [0.05, 0.1) is 18.1 Å². The van der Waals surface area contributed by atoms with E-state index in [-0.39, 0.29) is 5.91 Å². The molecular formula is C30H29ClF9N7O7. The van der Waals surface area contributed by atoms with Crippen molar-refractivity contribution in [2.45, 2.75) is 50.6 Å². The highest BCUT2D eigenvalue weighted by atomic mass is 35.5. The first-order valence-electron chi connectivity index (χ1n) is 15.0. The van der Waals surface area contributed by atoms with Gasteiger partial charge in [0, 0.05) is 24.0 Å². The maximum absolute atomic E-state index is 12.8. The van der Waals surface area contributed by atoms with Crippen LogP contribution in [0.2, 0.25) is 5.02 Å². The van der Waals surface area contributed by atoms with Crippen molar-refractivity contribution < 1.29 is 74.0 Å². The number of carboxylic acid groups (broad SMARTS) is 3. The molecule has 24 heteroatoms. The Morgan fingerprint density at radius 1 is 0.815 bits per heavy atom. The number of piperidine rings is 1. The number of hydrogen-bond donors (Lipinski definition) is 7. The molecule has 296 valence electrons. The number of hydrogen-bond acceptors (Lipinski definition) is 10. The molecule has 2 aliphatic heterocycles. The van der Waals surface area contributed by atoms with Crippen LogP contribution >= 0.6 is 11.6 Å². The van der Waals surface area contributed by atoms with Gasteiger partial charge < -0.3 is 36.6 Å². The van der Waals surface area contributed by atoms with E-state index in [1.165, 1.54) is 0 Å². The molecule has 54 heavy (non-hydrogen) atoms. The Bertz CT molecular complexity index is 1720. The van der Waals surface area contributed by atoms with E-state index >= 15 is 0 Å². The minimum absolute atomic E-state index is 0.0555. The monoisotopic (exact) mass is 805 g/mol. The molecule has 1 atom stereocenters. The quantitative estimate of drug-likeness (QED) is 0.144. The minimum atomic E-state index is -5.08. The van der Waals surface area contributed by atoms with Gasteiger partial charge in [0.1, 0.15) is 5.02 Å². The van der Waals surface area contributed by atoms with Crippen LogP contribution in [0.5, 0.6) is 0 Å². The molecule has 14 nitrogen and oxygen atoms in total. The van der Waals surface area contributed by atoms with E-state index < -0.39 is 36.4 Å². The topological polar surface area (TPSA) is 216 Å². The van der Waals surface area contributed by atoms with Crippen LogP contribution in [0.4, 0.5) is 68.3 Å². The van der Waals surface area contributed by atoms with Crippen molar-refractivity contribution >= 4 is 64.2 Å². The van der Waals surface area contributed by atoms with Crippen LogP contribution in [-0.2, 0) is 32.0 Å². The summed E-state index contributed by atoms with van der Waals surface area (Å²) in [6, 6.07) is 7.94. The molecule has 0 spiro atoms.